The van der Waals surface area contributed by atoms with E-state index in [1.807, 2.05) is 0 Å². The summed E-state index contributed by atoms with van der Waals surface area (Å²) in [5.74, 6) is -0.600. The first kappa shape index (κ1) is 14.1. The molecule has 2 nitrogen and oxygen atoms in total. The second kappa shape index (κ2) is 4.37. The Kier molecular flexibility index (Phi) is 3.24. The van der Waals surface area contributed by atoms with Gasteiger partial charge >= 0.3 is 0 Å². The van der Waals surface area contributed by atoms with Crippen molar-refractivity contribution in [3.63, 3.8) is 0 Å². The van der Waals surface area contributed by atoms with Gasteiger partial charge in [0.25, 0.3) is 0 Å². The fourth-order valence-electron chi connectivity index (χ4n) is 2.25. The maximum atomic E-state index is 14.3. The lowest BCUT2D eigenvalue weighted by Crippen LogP contribution is -2.61. The Bertz CT molecular complexity index is 533. The summed E-state index contributed by atoms with van der Waals surface area (Å²) >= 11 is 4.91. The minimum Gasteiger partial charge on any atom is -0.399 e. The van der Waals surface area contributed by atoms with Crippen molar-refractivity contribution in [3.05, 3.63) is 29.6 Å². The Morgan fingerprint density at radius 2 is 2.05 bits per heavy atom. The predicted octanol–water partition coefficient (Wildman–Crippen LogP) is 3.01. The van der Waals surface area contributed by atoms with Crippen molar-refractivity contribution in [2.75, 3.05) is 5.73 Å². The van der Waals surface area contributed by atoms with Gasteiger partial charge in [-0.25, -0.2) is 13.2 Å². The third-order valence-corrected chi connectivity index (χ3v) is 4.11. The molecule has 19 heavy (non-hydrogen) atoms. The first-order valence-electron chi connectivity index (χ1n) is 5.88. The maximum absolute atomic E-state index is 14.3. The Labute approximate surface area is 115 Å². The number of thiocarbonyl (C=S) groups is 1. The van der Waals surface area contributed by atoms with Crippen molar-refractivity contribution in [1.29, 1.82) is 0 Å². The molecule has 1 aliphatic heterocycles. The van der Waals surface area contributed by atoms with Crippen LogP contribution < -0.4 is 11.1 Å². The molecule has 0 bridgehead atoms. The molecule has 6 heteroatoms. The Hall–Kier alpha value is -1.30. The summed E-state index contributed by atoms with van der Waals surface area (Å²) in [7, 11) is 0. The quantitative estimate of drug-likeness (QED) is 0.616. The van der Waals surface area contributed by atoms with Gasteiger partial charge in [-0.1, -0.05) is 12.2 Å². The van der Waals surface area contributed by atoms with Crippen LogP contribution in [0, 0.1) is 5.82 Å². The van der Waals surface area contributed by atoms with Crippen LogP contribution in [0.25, 0.3) is 0 Å². The van der Waals surface area contributed by atoms with Gasteiger partial charge in [-0.3, -0.25) is 0 Å². The highest BCUT2D eigenvalue weighted by Gasteiger charge is 2.50. The molecule has 3 atom stereocenters. The molecule has 0 saturated carbocycles. The number of rotatable bonds is 1. The van der Waals surface area contributed by atoms with E-state index in [2.05, 4.69) is 5.32 Å². The van der Waals surface area contributed by atoms with Crippen molar-refractivity contribution in [3.8, 4) is 0 Å². The number of nitrogens with one attached hydrogen (secondary N) is 1. The standard InChI is InChI=1S/C13H15F3N2S/c1-12(16)6-10(15)13(2,18-11(12)19)8-5-7(17)3-4-9(8)14/h3-5,10H,6,17H2,1-2H3,(H,18,19)/t10-,12-,13+/m0/s1. The number of nitrogen functional groups attached to an aromatic ring is 1. The largest absolute Gasteiger partial charge is 0.399 e. The lowest BCUT2D eigenvalue weighted by atomic mass is 9.78. The molecule has 2 rings (SSSR count). The summed E-state index contributed by atoms with van der Waals surface area (Å²) in [5, 5.41) is 2.60. The van der Waals surface area contributed by atoms with Crippen LogP contribution in [0.15, 0.2) is 18.2 Å². The van der Waals surface area contributed by atoms with E-state index in [1.54, 1.807) is 0 Å². The number of alkyl halides is 2. The van der Waals surface area contributed by atoms with E-state index in [-0.39, 0.29) is 10.6 Å². The highest BCUT2D eigenvalue weighted by Crippen LogP contribution is 2.40. The minimum absolute atomic E-state index is 0.0536. The molecular weight excluding hydrogens is 273 g/mol. The average molecular weight is 288 g/mol. The van der Waals surface area contributed by atoms with Crippen molar-refractivity contribution < 1.29 is 13.2 Å². The summed E-state index contributed by atoms with van der Waals surface area (Å²) in [4.78, 5) is -0.120. The van der Waals surface area contributed by atoms with Gasteiger partial charge < -0.3 is 11.1 Å². The first-order valence-corrected chi connectivity index (χ1v) is 6.29. The molecular formula is C13H15F3N2S. The summed E-state index contributed by atoms with van der Waals surface area (Å²) in [6.07, 6.45) is -2.03. The monoisotopic (exact) mass is 288 g/mol. The van der Waals surface area contributed by atoms with E-state index in [0.717, 1.165) is 6.07 Å². The molecule has 1 aromatic rings. The van der Waals surface area contributed by atoms with E-state index in [0.29, 0.717) is 5.69 Å². The van der Waals surface area contributed by atoms with Gasteiger partial charge in [-0.15, -0.1) is 0 Å². The highest BCUT2D eigenvalue weighted by atomic mass is 32.1. The lowest BCUT2D eigenvalue weighted by Gasteiger charge is -2.44. The van der Waals surface area contributed by atoms with Crippen LogP contribution in [0.3, 0.4) is 0 Å². The van der Waals surface area contributed by atoms with Crippen LogP contribution in [0.4, 0.5) is 18.9 Å². The molecule has 0 radical (unpaired) electrons. The third-order valence-electron chi connectivity index (χ3n) is 3.59. The maximum Gasteiger partial charge on any atom is 0.160 e. The zero-order valence-electron chi connectivity index (χ0n) is 10.6. The Morgan fingerprint density at radius 1 is 1.42 bits per heavy atom. The summed E-state index contributed by atoms with van der Waals surface area (Å²) in [6.45, 7) is 2.67. The van der Waals surface area contributed by atoms with Gasteiger partial charge in [0.1, 0.15) is 17.0 Å². The molecule has 1 heterocycles. The van der Waals surface area contributed by atoms with Crippen LogP contribution >= 0.6 is 12.2 Å². The molecule has 0 unspecified atom stereocenters. The zero-order valence-corrected chi connectivity index (χ0v) is 11.5. The zero-order chi connectivity index (χ0) is 14.4. The van der Waals surface area contributed by atoms with E-state index >= 15 is 0 Å². The van der Waals surface area contributed by atoms with Crippen LogP contribution in [-0.2, 0) is 5.54 Å². The highest BCUT2D eigenvalue weighted by molar-refractivity contribution is 7.80. The second-order valence-electron chi connectivity index (χ2n) is 5.26. The van der Waals surface area contributed by atoms with E-state index in [1.165, 1.54) is 26.0 Å². The second-order valence-corrected chi connectivity index (χ2v) is 5.67. The molecule has 1 aromatic carbocycles. The topological polar surface area (TPSA) is 38.0 Å². The SMILES string of the molecule is C[C@]1(F)C[C@H](F)[C@@](C)(c2cc(N)ccc2F)NC1=S. The summed E-state index contributed by atoms with van der Waals surface area (Å²) < 4.78 is 42.2. The molecule has 1 saturated heterocycles. The molecule has 0 aliphatic carbocycles. The molecule has 0 spiro atoms. The molecule has 104 valence electrons. The van der Waals surface area contributed by atoms with Gasteiger partial charge in [0.15, 0.2) is 5.67 Å². The number of halogens is 3. The first-order chi connectivity index (χ1) is 8.67. The molecule has 1 aliphatic rings. The number of hydrogen-bond donors (Lipinski definition) is 2. The number of benzene rings is 1. The van der Waals surface area contributed by atoms with E-state index < -0.39 is 29.6 Å². The number of anilines is 1. The van der Waals surface area contributed by atoms with E-state index in [4.69, 9.17) is 18.0 Å². The van der Waals surface area contributed by atoms with Gasteiger partial charge in [-0.2, -0.15) is 0 Å². The van der Waals surface area contributed by atoms with Crippen molar-refractivity contribution >= 4 is 22.9 Å². The van der Waals surface area contributed by atoms with Gasteiger partial charge in [0.05, 0.1) is 5.54 Å². The fraction of sp³-hybridized carbons (Fsp3) is 0.462. The number of piperidine rings is 1. The van der Waals surface area contributed by atoms with E-state index in [9.17, 15) is 13.2 Å². The number of hydrogen-bond acceptors (Lipinski definition) is 2. The summed E-state index contributed by atoms with van der Waals surface area (Å²) in [6, 6.07) is 3.89. The van der Waals surface area contributed by atoms with Crippen LogP contribution in [0.1, 0.15) is 25.8 Å². The molecule has 1 fully saturated rings. The number of nitrogens with two attached hydrogens (primary N) is 1. The van der Waals surface area contributed by atoms with Gasteiger partial charge in [0.2, 0.25) is 0 Å². The molecule has 3 N–H and O–H groups in total. The van der Waals surface area contributed by atoms with Crippen LogP contribution in [-0.4, -0.2) is 16.8 Å². The average Bonchev–Trinajstić information content (AvgIpc) is 2.29. The normalized spacial score (nSPS) is 35.0. The minimum atomic E-state index is -1.93. The predicted molar refractivity (Wildman–Crippen MR) is 72.9 cm³/mol. The van der Waals surface area contributed by atoms with Gasteiger partial charge in [0, 0.05) is 17.7 Å². The Morgan fingerprint density at radius 3 is 2.68 bits per heavy atom. The van der Waals surface area contributed by atoms with Crippen molar-refractivity contribution in [2.24, 2.45) is 0 Å². The lowest BCUT2D eigenvalue weighted by molar-refractivity contribution is 0.0857. The van der Waals surface area contributed by atoms with Crippen LogP contribution in [0.2, 0.25) is 0 Å². The van der Waals surface area contributed by atoms with Gasteiger partial charge in [-0.05, 0) is 32.0 Å². The molecule has 0 amide bonds. The summed E-state index contributed by atoms with van der Waals surface area (Å²) in [5.41, 5.74) is 2.63. The Balaban J connectivity index is 2.48. The smallest absolute Gasteiger partial charge is 0.160 e. The van der Waals surface area contributed by atoms with Crippen LogP contribution in [0.5, 0.6) is 0 Å². The third kappa shape index (κ3) is 2.29. The molecule has 0 aromatic heterocycles. The van der Waals surface area contributed by atoms with Crippen molar-refractivity contribution in [2.45, 2.75) is 37.6 Å². The fourth-order valence-corrected chi connectivity index (χ4v) is 2.55. The van der Waals surface area contributed by atoms with Crippen molar-refractivity contribution in [1.82, 2.24) is 5.32 Å².